The van der Waals surface area contributed by atoms with E-state index in [9.17, 15) is 13.6 Å². The zero-order valence-corrected chi connectivity index (χ0v) is 7.23. The van der Waals surface area contributed by atoms with Crippen LogP contribution in [-0.4, -0.2) is 29.7 Å². The minimum atomic E-state index is -3.62. The van der Waals surface area contributed by atoms with Crippen molar-refractivity contribution in [1.82, 2.24) is 0 Å². The third kappa shape index (κ3) is 3.61. The first kappa shape index (κ1) is 11.3. The van der Waals surface area contributed by atoms with Crippen LogP contribution in [0, 0.1) is 0 Å². The lowest BCUT2D eigenvalue weighted by molar-refractivity contribution is -0.176. The van der Waals surface area contributed by atoms with Crippen LogP contribution in [0.25, 0.3) is 0 Å². The molecular weight excluding hydrogens is 170 g/mol. The molecule has 0 unspecified atom stereocenters. The molecule has 0 radical (unpaired) electrons. The van der Waals surface area contributed by atoms with E-state index in [-0.39, 0.29) is 0 Å². The molecule has 0 heterocycles. The van der Waals surface area contributed by atoms with E-state index in [0.29, 0.717) is 0 Å². The Balaban J connectivity index is 4.32. The van der Waals surface area contributed by atoms with Crippen molar-refractivity contribution in [3.63, 3.8) is 0 Å². The zero-order chi connectivity index (χ0) is 9.99. The number of aliphatic hydroxyl groups is 1. The molecule has 0 aliphatic rings. The van der Waals surface area contributed by atoms with Gasteiger partial charge in [-0.05, 0) is 13.8 Å². The summed E-state index contributed by atoms with van der Waals surface area (Å²) in [5.74, 6) is -5.24. The molecule has 0 bridgehead atoms. The molecule has 1 N–H and O–H groups in total. The van der Waals surface area contributed by atoms with Crippen LogP contribution < -0.4 is 0 Å². The zero-order valence-electron chi connectivity index (χ0n) is 7.23. The quantitative estimate of drug-likeness (QED) is 0.661. The van der Waals surface area contributed by atoms with E-state index in [1.165, 1.54) is 13.8 Å². The predicted molar refractivity (Wildman–Crippen MR) is 37.9 cm³/mol. The SMILES string of the molecule is COC(=O)C(F)(F)CC(C)(C)O. The summed E-state index contributed by atoms with van der Waals surface area (Å²) < 4.78 is 29.2. The van der Waals surface area contributed by atoms with Gasteiger partial charge in [-0.3, -0.25) is 0 Å². The maximum absolute atomic E-state index is 12.7. The summed E-state index contributed by atoms with van der Waals surface area (Å²) in [5, 5.41) is 9.01. The lowest BCUT2D eigenvalue weighted by Crippen LogP contribution is -2.38. The number of carbonyl (C=O) groups excluding carboxylic acids is 1. The van der Waals surface area contributed by atoms with E-state index in [0.717, 1.165) is 7.11 Å². The third-order valence-electron chi connectivity index (χ3n) is 1.14. The molecule has 3 nitrogen and oxygen atoms in total. The molecule has 0 aromatic heterocycles. The van der Waals surface area contributed by atoms with E-state index >= 15 is 0 Å². The van der Waals surface area contributed by atoms with Gasteiger partial charge in [0.15, 0.2) is 0 Å². The van der Waals surface area contributed by atoms with Crippen molar-refractivity contribution in [3.05, 3.63) is 0 Å². The van der Waals surface area contributed by atoms with Gasteiger partial charge in [0.25, 0.3) is 0 Å². The Labute approximate surface area is 69.3 Å². The van der Waals surface area contributed by atoms with Crippen LogP contribution >= 0.6 is 0 Å². The second-order valence-electron chi connectivity index (χ2n) is 3.19. The van der Waals surface area contributed by atoms with Crippen LogP contribution in [0.15, 0.2) is 0 Å². The maximum atomic E-state index is 12.7. The molecule has 0 spiro atoms. The summed E-state index contributed by atoms with van der Waals surface area (Å²) >= 11 is 0. The number of alkyl halides is 2. The normalized spacial score (nSPS) is 12.8. The smallest absolute Gasteiger partial charge is 0.376 e. The van der Waals surface area contributed by atoms with Crippen molar-refractivity contribution in [2.24, 2.45) is 0 Å². The number of methoxy groups -OCH3 is 1. The molecule has 0 aliphatic heterocycles. The van der Waals surface area contributed by atoms with Crippen LogP contribution in [0.3, 0.4) is 0 Å². The van der Waals surface area contributed by atoms with Crippen molar-refractivity contribution in [1.29, 1.82) is 0 Å². The Morgan fingerprint density at radius 2 is 1.92 bits per heavy atom. The van der Waals surface area contributed by atoms with Crippen molar-refractivity contribution >= 4 is 5.97 Å². The van der Waals surface area contributed by atoms with Crippen LogP contribution in [0.5, 0.6) is 0 Å². The molecule has 0 atom stereocenters. The lowest BCUT2D eigenvalue weighted by Gasteiger charge is -2.22. The van der Waals surface area contributed by atoms with E-state index in [4.69, 9.17) is 5.11 Å². The highest BCUT2D eigenvalue weighted by Crippen LogP contribution is 2.26. The molecule has 0 aliphatic carbocycles. The second-order valence-corrected chi connectivity index (χ2v) is 3.19. The standard InChI is InChI=1S/C7H12F2O3/c1-6(2,11)4-7(8,9)5(10)12-3/h11H,4H2,1-3H3. The van der Waals surface area contributed by atoms with Crippen molar-refractivity contribution < 1.29 is 23.4 Å². The number of rotatable bonds is 3. The van der Waals surface area contributed by atoms with Gasteiger partial charge in [0.1, 0.15) is 0 Å². The van der Waals surface area contributed by atoms with Gasteiger partial charge in [-0.25, -0.2) is 4.79 Å². The van der Waals surface area contributed by atoms with Crippen molar-refractivity contribution in [2.75, 3.05) is 7.11 Å². The Hall–Kier alpha value is -0.710. The Bertz CT molecular complexity index is 172. The van der Waals surface area contributed by atoms with E-state index in [1.54, 1.807) is 0 Å². The van der Waals surface area contributed by atoms with Gasteiger partial charge in [0, 0.05) is 0 Å². The monoisotopic (exact) mass is 182 g/mol. The first-order chi connectivity index (χ1) is 5.19. The van der Waals surface area contributed by atoms with E-state index in [2.05, 4.69) is 4.74 Å². The number of esters is 1. The summed E-state index contributed by atoms with van der Waals surface area (Å²) in [5.41, 5.74) is -1.59. The third-order valence-corrected chi connectivity index (χ3v) is 1.14. The minimum absolute atomic E-state index is 0.876. The average molecular weight is 182 g/mol. The number of halogens is 2. The highest BCUT2D eigenvalue weighted by atomic mass is 19.3. The van der Waals surface area contributed by atoms with Gasteiger partial charge < -0.3 is 9.84 Å². The van der Waals surface area contributed by atoms with E-state index in [1.807, 2.05) is 0 Å². The van der Waals surface area contributed by atoms with Crippen molar-refractivity contribution in [2.45, 2.75) is 31.8 Å². The topological polar surface area (TPSA) is 46.5 Å². The maximum Gasteiger partial charge on any atom is 0.376 e. The summed E-state index contributed by atoms with van der Waals surface area (Å²) in [6.45, 7) is 2.40. The molecule has 0 saturated heterocycles. The number of hydrogen-bond acceptors (Lipinski definition) is 3. The summed E-state index contributed by atoms with van der Waals surface area (Å²) in [7, 11) is 0.876. The predicted octanol–water partition coefficient (Wildman–Crippen LogP) is 0.956. The largest absolute Gasteiger partial charge is 0.465 e. The molecule has 0 rings (SSSR count). The fourth-order valence-electron chi connectivity index (χ4n) is 0.765. The minimum Gasteiger partial charge on any atom is -0.465 e. The number of carbonyl (C=O) groups is 1. The van der Waals surface area contributed by atoms with Crippen LogP contribution in [0.2, 0.25) is 0 Å². The number of hydrogen-bond donors (Lipinski definition) is 1. The summed E-state index contributed by atoms with van der Waals surface area (Å²) in [4.78, 5) is 10.4. The molecule has 5 heteroatoms. The molecular formula is C7H12F2O3. The molecule has 12 heavy (non-hydrogen) atoms. The van der Waals surface area contributed by atoms with Gasteiger partial charge in [0.2, 0.25) is 0 Å². The van der Waals surface area contributed by atoms with Gasteiger partial charge in [-0.15, -0.1) is 0 Å². The Morgan fingerprint density at radius 1 is 1.50 bits per heavy atom. The molecule has 72 valence electrons. The summed E-state index contributed by atoms with van der Waals surface area (Å²) in [6, 6.07) is 0. The molecule has 0 saturated carbocycles. The molecule has 0 fully saturated rings. The van der Waals surface area contributed by atoms with E-state index < -0.39 is 23.9 Å². The van der Waals surface area contributed by atoms with Gasteiger partial charge >= 0.3 is 11.9 Å². The highest BCUT2D eigenvalue weighted by molar-refractivity contribution is 5.77. The fraction of sp³-hybridized carbons (Fsp3) is 0.857. The lowest BCUT2D eigenvalue weighted by atomic mass is 10.0. The fourth-order valence-corrected chi connectivity index (χ4v) is 0.765. The number of ether oxygens (including phenoxy) is 1. The average Bonchev–Trinajstić information content (AvgIpc) is 1.80. The van der Waals surface area contributed by atoms with Crippen LogP contribution in [-0.2, 0) is 9.53 Å². The second kappa shape index (κ2) is 3.35. The van der Waals surface area contributed by atoms with Gasteiger partial charge in [-0.1, -0.05) is 0 Å². The van der Waals surface area contributed by atoms with Crippen LogP contribution in [0.4, 0.5) is 8.78 Å². The van der Waals surface area contributed by atoms with Gasteiger partial charge in [-0.2, -0.15) is 8.78 Å². The first-order valence-electron chi connectivity index (χ1n) is 3.38. The molecule has 0 aromatic carbocycles. The Kier molecular flexibility index (Phi) is 3.15. The Morgan fingerprint density at radius 3 is 2.17 bits per heavy atom. The van der Waals surface area contributed by atoms with Gasteiger partial charge in [0.05, 0.1) is 19.1 Å². The molecule has 0 amide bonds. The van der Waals surface area contributed by atoms with Crippen LogP contribution in [0.1, 0.15) is 20.3 Å². The summed E-state index contributed by atoms with van der Waals surface area (Å²) in [6.07, 6.45) is -0.938. The molecule has 0 aromatic rings. The highest BCUT2D eigenvalue weighted by Gasteiger charge is 2.44. The van der Waals surface area contributed by atoms with Crippen molar-refractivity contribution in [3.8, 4) is 0 Å². The first-order valence-corrected chi connectivity index (χ1v) is 3.38.